The molecular weight excluding hydrogens is 434 g/mol. The van der Waals surface area contributed by atoms with Crippen molar-refractivity contribution in [1.82, 2.24) is 5.01 Å². The Kier molecular flexibility index (Phi) is 5.64. The average molecular weight is 453 g/mol. The number of carbonyl (C=O) groups is 1. The molecule has 3 aromatic rings. The van der Waals surface area contributed by atoms with E-state index in [1.54, 1.807) is 42.5 Å². The van der Waals surface area contributed by atoms with Crippen LogP contribution in [0.4, 0.5) is 0 Å². The van der Waals surface area contributed by atoms with Gasteiger partial charge in [-0.3, -0.25) is 0 Å². The Labute approximate surface area is 183 Å². The van der Waals surface area contributed by atoms with Crippen molar-refractivity contribution in [2.75, 3.05) is 20.3 Å². The lowest BCUT2D eigenvalue weighted by molar-refractivity contribution is 0.0597. The number of sulfonamides is 1. The lowest BCUT2D eigenvalue weighted by Gasteiger charge is -2.18. The maximum absolute atomic E-state index is 12.4. The van der Waals surface area contributed by atoms with Crippen molar-refractivity contribution in [3.05, 3.63) is 71.3 Å². The molecule has 0 saturated heterocycles. The van der Waals surface area contributed by atoms with Crippen LogP contribution < -0.4 is 0 Å². The minimum atomic E-state index is -3.89. The summed E-state index contributed by atoms with van der Waals surface area (Å²) in [5.41, 5.74) is 0.559. The predicted octanol–water partition coefficient (Wildman–Crippen LogP) is 2.11. The molecule has 0 fully saturated rings. The van der Waals surface area contributed by atoms with Crippen molar-refractivity contribution in [1.29, 1.82) is 0 Å². The van der Waals surface area contributed by atoms with Crippen LogP contribution in [0.5, 0.6) is 5.75 Å². The van der Waals surface area contributed by atoms with Crippen LogP contribution in [0.1, 0.15) is 21.5 Å². The van der Waals surface area contributed by atoms with Crippen LogP contribution in [0.2, 0.25) is 0 Å². The Morgan fingerprint density at radius 1 is 1.19 bits per heavy atom. The largest absolute Gasteiger partial charge is 0.506 e. The first-order chi connectivity index (χ1) is 15.4. The number of esters is 1. The van der Waals surface area contributed by atoms with Gasteiger partial charge in [-0.1, -0.05) is 36.4 Å². The molecular formula is C22H19N3O6S. The van der Waals surface area contributed by atoms with E-state index in [0.717, 1.165) is 0 Å². The van der Waals surface area contributed by atoms with Gasteiger partial charge < -0.3 is 14.9 Å². The second kappa shape index (κ2) is 8.40. The fraction of sp³-hybridized carbons (Fsp3) is 0.136. The summed E-state index contributed by atoms with van der Waals surface area (Å²) in [5.74, 6) is -0.987. The van der Waals surface area contributed by atoms with Crippen LogP contribution in [-0.2, 0) is 14.8 Å². The van der Waals surface area contributed by atoms with Gasteiger partial charge in [0.15, 0.2) is 5.84 Å². The number of aromatic hydroxyl groups is 1. The van der Waals surface area contributed by atoms with Gasteiger partial charge in [-0.2, -0.15) is 13.5 Å². The number of carbonyl (C=O) groups excluding carboxylic acids is 1. The molecule has 3 aromatic carbocycles. The zero-order valence-electron chi connectivity index (χ0n) is 17.0. The molecule has 9 nitrogen and oxygen atoms in total. The quantitative estimate of drug-likeness (QED) is 0.344. The van der Waals surface area contributed by atoms with E-state index >= 15 is 0 Å². The molecule has 1 aliphatic rings. The first kappa shape index (κ1) is 21.5. The Morgan fingerprint density at radius 3 is 2.66 bits per heavy atom. The van der Waals surface area contributed by atoms with E-state index in [9.17, 15) is 23.4 Å². The third kappa shape index (κ3) is 3.70. The number of ether oxygens (including phenoxy) is 1. The normalized spacial score (nSPS) is 14.4. The van der Waals surface area contributed by atoms with E-state index in [4.69, 9.17) is 4.74 Å². The fourth-order valence-electron chi connectivity index (χ4n) is 3.48. The molecule has 0 aliphatic carbocycles. The van der Waals surface area contributed by atoms with E-state index < -0.39 is 16.0 Å². The van der Waals surface area contributed by atoms with Gasteiger partial charge in [0, 0.05) is 11.1 Å². The summed E-state index contributed by atoms with van der Waals surface area (Å²) < 4.78 is 33.4. The van der Waals surface area contributed by atoms with Gasteiger partial charge in [0.2, 0.25) is 0 Å². The molecule has 0 aromatic heterocycles. The lowest BCUT2D eigenvalue weighted by Crippen LogP contribution is -2.29. The molecule has 1 aliphatic heterocycles. The average Bonchev–Trinajstić information content (AvgIpc) is 3.07. The molecule has 0 amide bonds. The summed E-state index contributed by atoms with van der Waals surface area (Å²) in [6.07, 6.45) is 1.30. The Hall–Kier alpha value is -3.76. The zero-order chi connectivity index (χ0) is 22.9. The summed E-state index contributed by atoms with van der Waals surface area (Å²) in [6, 6.07) is 14.9. The number of rotatable bonds is 5. The molecule has 0 spiro atoms. The second-order valence-electron chi connectivity index (χ2n) is 6.88. The molecule has 0 radical (unpaired) electrons. The van der Waals surface area contributed by atoms with Crippen LogP contribution in [0.25, 0.3) is 10.8 Å². The molecule has 0 atom stereocenters. The fourth-order valence-corrected chi connectivity index (χ4v) is 4.68. The van der Waals surface area contributed by atoms with Gasteiger partial charge in [-0.25, -0.2) is 9.80 Å². The molecule has 0 saturated carbocycles. The molecule has 2 N–H and O–H groups in total. The number of fused-ring (bicyclic) bond motifs is 2. The number of aliphatic hydroxyl groups is 1. The molecule has 1 heterocycles. The van der Waals surface area contributed by atoms with Gasteiger partial charge in [0.1, 0.15) is 16.2 Å². The number of aliphatic hydroxyl groups excluding tert-OH is 1. The number of hydrogen-bond donors (Lipinski definition) is 2. The molecule has 164 valence electrons. The maximum Gasteiger partial charge on any atom is 0.341 e. The van der Waals surface area contributed by atoms with Crippen LogP contribution in [0.3, 0.4) is 0 Å². The molecule has 4 rings (SSSR count). The topological polar surface area (TPSA) is 129 Å². The van der Waals surface area contributed by atoms with E-state index in [2.05, 4.69) is 9.50 Å². The van der Waals surface area contributed by atoms with Crippen molar-refractivity contribution in [2.45, 2.75) is 4.90 Å². The highest BCUT2D eigenvalue weighted by Crippen LogP contribution is 2.31. The summed E-state index contributed by atoms with van der Waals surface area (Å²) in [5, 5.41) is 27.1. The molecule has 0 bridgehead atoms. The zero-order valence-corrected chi connectivity index (χ0v) is 17.8. The van der Waals surface area contributed by atoms with Crippen molar-refractivity contribution < 1.29 is 28.2 Å². The highest BCUT2D eigenvalue weighted by atomic mass is 32.2. The minimum absolute atomic E-state index is 0.0347. The van der Waals surface area contributed by atoms with Crippen molar-refractivity contribution in [2.24, 2.45) is 9.50 Å². The van der Waals surface area contributed by atoms with E-state index in [-0.39, 0.29) is 40.8 Å². The van der Waals surface area contributed by atoms with E-state index in [0.29, 0.717) is 16.3 Å². The molecule has 10 heteroatoms. The Morgan fingerprint density at radius 2 is 1.91 bits per heavy atom. The number of phenolic OH excluding ortho intramolecular Hbond substituents is 1. The first-order valence-electron chi connectivity index (χ1n) is 9.57. The number of methoxy groups -OCH3 is 1. The third-order valence-electron chi connectivity index (χ3n) is 4.96. The standard InChI is InChI=1S/C22H19N3O6S/c1-31-22(28)17-12-14-6-2-3-7-15(14)18(20(17)27)13-23-25(10-11-26)21-16-8-4-5-9-19(16)32(29,30)24-21/h2-9,12-13,26-27H,10-11H2,1H3/b23-13+. The predicted molar refractivity (Wildman–Crippen MR) is 119 cm³/mol. The monoisotopic (exact) mass is 453 g/mol. The van der Waals surface area contributed by atoms with E-state index in [1.165, 1.54) is 30.5 Å². The smallest absolute Gasteiger partial charge is 0.341 e. The van der Waals surface area contributed by atoms with E-state index in [1.807, 2.05) is 0 Å². The second-order valence-corrected chi connectivity index (χ2v) is 8.45. The number of amidine groups is 1. The third-order valence-corrected chi connectivity index (χ3v) is 6.29. The summed E-state index contributed by atoms with van der Waals surface area (Å²) in [6.45, 7) is -0.373. The maximum atomic E-state index is 12.4. The summed E-state index contributed by atoms with van der Waals surface area (Å²) in [4.78, 5) is 12.2. The molecule has 32 heavy (non-hydrogen) atoms. The van der Waals surface area contributed by atoms with Gasteiger partial charge in [-0.15, -0.1) is 4.40 Å². The van der Waals surface area contributed by atoms with Crippen LogP contribution in [0.15, 0.2) is 69.0 Å². The minimum Gasteiger partial charge on any atom is -0.506 e. The highest BCUT2D eigenvalue weighted by molar-refractivity contribution is 7.90. The van der Waals surface area contributed by atoms with Crippen molar-refractivity contribution in [3.63, 3.8) is 0 Å². The van der Waals surface area contributed by atoms with Gasteiger partial charge in [0.05, 0.1) is 26.5 Å². The van der Waals surface area contributed by atoms with Crippen LogP contribution >= 0.6 is 0 Å². The molecule has 0 unspecified atom stereocenters. The Balaban J connectivity index is 1.84. The number of hydrazone groups is 1. The Bertz CT molecular complexity index is 1380. The van der Waals surface area contributed by atoms with Crippen LogP contribution in [-0.4, -0.2) is 61.9 Å². The number of nitrogens with zero attached hydrogens (tertiary/aromatic N) is 3. The summed E-state index contributed by atoms with van der Waals surface area (Å²) >= 11 is 0. The van der Waals surface area contributed by atoms with Gasteiger partial charge in [-0.05, 0) is 29.0 Å². The lowest BCUT2D eigenvalue weighted by atomic mass is 10.00. The van der Waals surface area contributed by atoms with Crippen LogP contribution in [0, 0.1) is 0 Å². The number of benzene rings is 3. The number of hydrogen-bond acceptors (Lipinski definition) is 8. The summed E-state index contributed by atoms with van der Waals surface area (Å²) in [7, 11) is -2.67. The van der Waals surface area contributed by atoms with Gasteiger partial charge in [0.25, 0.3) is 10.0 Å². The van der Waals surface area contributed by atoms with Crippen molar-refractivity contribution in [3.8, 4) is 5.75 Å². The SMILES string of the molecule is COC(=O)c1cc2ccccc2c(/C=N/N(CCO)C2=NS(=O)(=O)c3ccccc32)c1O. The van der Waals surface area contributed by atoms with Crippen molar-refractivity contribution >= 4 is 38.8 Å². The highest BCUT2D eigenvalue weighted by Gasteiger charge is 2.31. The number of phenols is 1. The first-order valence-corrected chi connectivity index (χ1v) is 11.0. The van der Waals surface area contributed by atoms with Gasteiger partial charge >= 0.3 is 5.97 Å².